The molecule has 5 fully saturated rings. The SMILES string of the molecule is C[C@H]1C[C@H]1n1cccc(NC(=O)c2cn3cc(C45COC(C)(C4)C5)nc3nc2OC2CCC2)c1=O. The molecule has 0 unspecified atom stereocenters. The molecule has 0 radical (unpaired) electrons. The second-order valence-electron chi connectivity index (χ2n) is 11.2. The molecule has 5 heterocycles. The fourth-order valence-electron chi connectivity index (χ4n) is 5.95. The van der Waals surface area contributed by atoms with Crippen LogP contribution in [-0.4, -0.2) is 43.2 Å². The maximum absolute atomic E-state index is 13.4. The highest BCUT2D eigenvalue weighted by molar-refractivity contribution is 6.05. The Hall–Kier alpha value is -3.20. The maximum Gasteiger partial charge on any atom is 0.274 e. The number of carbonyl (C=O) groups excluding carboxylic acids is 1. The number of imidazole rings is 1. The van der Waals surface area contributed by atoms with Crippen LogP contribution in [0, 0.1) is 5.92 Å². The van der Waals surface area contributed by atoms with Gasteiger partial charge in [-0.15, -0.1) is 0 Å². The lowest BCUT2D eigenvalue weighted by molar-refractivity contribution is 0.0154. The van der Waals surface area contributed by atoms with E-state index in [1.165, 1.54) is 0 Å². The average molecular weight is 476 g/mol. The largest absolute Gasteiger partial charge is 0.474 e. The van der Waals surface area contributed by atoms with Crippen LogP contribution in [0.4, 0.5) is 5.69 Å². The van der Waals surface area contributed by atoms with Crippen molar-refractivity contribution in [2.75, 3.05) is 11.9 Å². The van der Waals surface area contributed by atoms with Gasteiger partial charge in [0.2, 0.25) is 11.7 Å². The first-order chi connectivity index (χ1) is 16.8. The predicted molar refractivity (Wildman–Crippen MR) is 128 cm³/mol. The fraction of sp³-hybridized carbons (Fsp3) is 0.538. The Morgan fingerprint density at radius 2 is 2.06 bits per heavy atom. The monoisotopic (exact) mass is 475 g/mol. The molecule has 3 aromatic heterocycles. The highest BCUT2D eigenvalue weighted by Crippen LogP contribution is 2.58. The minimum atomic E-state index is -0.416. The van der Waals surface area contributed by atoms with Crippen molar-refractivity contribution in [2.45, 2.75) is 75.5 Å². The van der Waals surface area contributed by atoms with E-state index in [4.69, 9.17) is 14.5 Å². The van der Waals surface area contributed by atoms with Crippen LogP contribution in [0.3, 0.4) is 0 Å². The molecule has 3 aliphatic carbocycles. The van der Waals surface area contributed by atoms with Crippen molar-refractivity contribution in [1.29, 1.82) is 0 Å². The number of nitrogens with one attached hydrogen (secondary N) is 1. The van der Waals surface area contributed by atoms with Crippen LogP contribution >= 0.6 is 0 Å². The Balaban J connectivity index is 1.23. The first-order valence-corrected chi connectivity index (χ1v) is 12.6. The molecule has 0 spiro atoms. The molecule has 3 saturated carbocycles. The van der Waals surface area contributed by atoms with Crippen molar-refractivity contribution in [2.24, 2.45) is 5.92 Å². The molecule has 35 heavy (non-hydrogen) atoms. The van der Waals surface area contributed by atoms with E-state index < -0.39 is 5.91 Å². The Kier molecular flexibility index (Phi) is 4.32. The second kappa shape index (κ2) is 7.16. The third kappa shape index (κ3) is 3.31. The molecule has 2 aliphatic heterocycles. The molecular formula is C26H29N5O4. The first-order valence-electron chi connectivity index (χ1n) is 12.6. The van der Waals surface area contributed by atoms with Gasteiger partial charge in [-0.1, -0.05) is 6.92 Å². The lowest BCUT2D eigenvalue weighted by atomic mass is 9.62. The Labute approximate surface area is 202 Å². The summed E-state index contributed by atoms with van der Waals surface area (Å²) in [5, 5.41) is 2.81. The average Bonchev–Trinajstić information content (AvgIpc) is 3.10. The van der Waals surface area contributed by atoms with Crippen molar-refractivity contribution < 1.29 is 14.3 Å². The number of nitrogens with zero attached hydrogens (tertiary/aromatic N) is 4. The molecule has 9 heteroatoms. The second-order valence-corrected chi connectivity index (χ2v) is 11.2. The van der Waals surface area contributed by atoms with Crippen LogP contribution in [0.2, 0.25) is 0 Å². The molecule has 9 nitrogen and oxygen atoms in total. The quantitative estimate of drug-likeness (QED) is 0.586. The Morgan fingerprint density at radius 3 is 2.71 bits per heavy atom. The predicted octanol–water partition coefficient (Wildman–Crippen LogP) is 3.48. The summed E-state index contributed by atoms with van der Waals surface area (Å²) in [6, 6.07) is 3.64. The minimum absolute atomic E-state index is 0.0467. The van der Waals surface area contributed by atoms with Crippen molar-refractivity contribution in [3.63, 3.8) is 0 Å². The summed E-state index contributed by atoms with van der Waals surface area (Å²) >= 11 is 0. The molecular weight excluding hydrogens is 446 g/mol. The van der Waals surface area contributed by atoms with Crippen LogP contribution in [0.15, 0.2) is 35.5 Å². The van der Waals surface area contributed by atoms with Gasteiger partial charge in [-0.05, 0) is 63.5 Å². The number of anilines is 1. The summed E-state index contributed by atoms with van der Waals surface area (Å²) in [6.45, 7) is 4.92. The molecule has 1 N–H and O–H groups in total. The van der Waals surface area contributed by atoms with Crippen LogP contribution in [0.1, 0.15) is 74.5 Å². The van der Waals surface area contributed by atoms with Crippen molar-refractivity contribution in [1.82, 2.24) is 18.9 Å². The van der Waals surface area contributed by atoms with E-state index in [0.29, 0.717) is 23.9 Å². The van der Waals surface area contributed by atoms with E-state index in [1.807, 2.05) is 6.20 Å². The van der Waals surface area contributed by atoms with Crippen LogP contribution in [0.25, 0.3) is 5.78 Å². The van der Waals surface area contributed by atoms with E-state index >= 15 is 0 Å². The highest BCUT2D eigenvalue weighted by atomic mass is 16.5. The van der Waals surface area contributed by atoms with Gasteiger partial charge in [0, 0.05) is 30.0 Å². The van der Waals surface area contributed by atoms with Crippen molar-refractivity contribution >= 4 is 17.4 Å². The van der Waals surface area contributed by atoms with Crippen molar-refractivity contribution in [3.8, 4) is 5.88 Å². The van der Waals surface area contributed by atoms with Crippen LogP contribution < -0.4 is 15.6 Å². The van der Waals surface area contributed by atoms with Crippen molar-refractivity contribution in [3.05, 3.63) is 52.3 Å². The van der Waals surface area contributed by atoms with E-state index in [9.17, 15) is 9.59 Å². The number of aromatic nitrogens is 4. The molecule has 182 valence electrons. The molecule has 5 aliphatic rings. The summed E-state index contributed by atoms with van der Waals surface area (Å²) in [5.74, 6) is 0.829. The van der Waals surface area contributed by atoms with E-state index in [1.54, 1.807) is 33.5 Å². The number of fused-ring (bicyclic) bond motifs is 2. The standard InChI is InChI=1S/C26H29N5O4/c1-15-9-19(15)31-8-4-7-18(23(31)33)27-21(32)17-10-30-11-20(26-12-25(2,13-26)34-14-26)28-24(30)29-22(17)35-16-5-3-6-16/h4,7-8,10-11,15-16,19H,3,5-6,9,12-14H2,1-2H3,(H,27,32)/t15-,19+,25?,26?/m0/s1. The third-order valence-electron chi connectivity index (χ3n) is 8.30. The summed E-state index contributed by atoms with van der Waals surface area (Å²) in [5.41, 5.74) is 1.18. The lowest BCUT2D eigenvalue weighted by Crippen LogP contribution is -2.45. The summed E-state index contributed by atoms with van der Waals surface area (Å²) in [7, 11) is 0. The van der Waals surface area contributed by atoms with E-state index in [-0.39, 0.29) is 40.3 Å². The Bertz CT molecular complexity index is 1410. The first kappa shape index (κ1) is 21.1. The van der Waals surface area contributed by atoms with Gasteiger partial charge in [0.05, 0.1) is 17.9 Å². The smallest absolute Gasteiger partial charge is 0.274 e. The number of hydrogen-bond donors (Lipinski definition) is 1. The lowest BCUT2D eigenvalue weighted by Gasteiger charge is -2.41. The number of ether oxygens (including phenoxy) is 2. The van der Waals surface area contributed by atoms with Gasteiger partial charge in [0.15, 0.2) is 0 Å². The summed E-state index contributed by atoms with van der Waals surface area (Å²) < 4.78 is 15.6. The highest BCUT2D eigenvalue weighted by Gasteiger charge is 2.61. The van der Waals surface area contributed by atoms with Gasteiger partial charge in [0.25, 0.3) is 11.5 Å². The minimum Gasteiger partial charge on any atom is -0.474 e. The normalized spacial score (nSPS) is 31.1. The number of hydrogen-bond acceptors (Lipinski definition) is 6. The zero-order chi connectivity index (χ0) is 23.9. The molecule has 2 bridgehead atoms. The van der Waals surface area contributed by atoms with Crippen LogP contribution in [-0.2, 0) is 10.2 Å². The number of rotatable bonds is 6. The topological polar surface area (TPSA) is 99.8 Å². The van der Waals surface area contributed by atoms with Gasteiger partial charge in [-0.3, -0.25) is 14.0 Å². The van der Waals surface area contributed by atoms with Gasteiger partial charge < -0.3 is 19.4 Å². The van der Waals surface area contributed by atoms with Gasteiger partial charge in [-0.25, -0.2) is 4.98 Å². The van der Waals surface area contributed by atoms with Gasteiger partial charge >= 0.3 is 0 Å². The molecule has 3 aromatic rings. The molecule has 2 saturated heterocycles. The third-order valence-corrected chi connectivity index (χ3v) is 8.30. The molecule has 8 rings (SSSR count). The molecule has 0 aromatic carbocycles. The zero-order valence-corrected chi connectivity index (χ0v) is 20.0. The number of amides is 1. The van der Waals surface area contributed by atoms with Gasteiger partial charge in [0.1, 0.15) is 17.4 Å². The Morgan fingerprint density at radius 1 is 1.26 bits per heavy atom. The fourth-order valence-corrected chi connectivity index (χ4v) is 5.95. The van der Waals surface area contributed by atoms with Gasteiger partial charge in [-0.2, -0.15) is 4.98 Å². The molecule has 1 amide bonds. The number of carbonyl (C=O) groups is 1. The van der Waals surface area contributed by atoms with Crippen LogP contribution in [0.5, 0.6) is 5.88 Å². The van der Waals surface area contributed by atoms with E-state index in [0.717, 1.165) is 44.2 Å². The number of pyridine rings is 1. The van der Waals surface area contributed by atoms with E-state index in [2.05, 4.69) is 24.1 Å². The maximum atomic E-state index is 13.4. The zero-order valence-electron chi connectivity index (χ0n) is 20.0. The molecule has 2 atom stereocenters. The summed E-state index contributed by atoms with van der Waals surface area (Å²) in [6.07, 6.45) is 11.4. The summed E-state index contributed by atoms with van der Waals surface area (Å²) in [4.78, 5) is 35.9.